The van der Waals surface area contributed by atoms with E-state index in [9.17, 15) is 9.59 Å². The third kappa shape index (κ3) is 5.09. The second-order valence-electron chi connectivity index (χ2n) is 4.17. The number of aromatic nitrogens is 2. The van der Waals surface area contributed by atoms with E-state index in [1.54, 1.807) is 24.9 Å². The van der Waals surface area contributed by atoms with Gasteiger partial charge in [-0.3, -0.25) is 14.3 Å². The smallest absolute Gasteiger partial charge is 0.272 e. The number of methoxy groups -OCH3 is 1. The van der Waals surface area contributed by atoms with Crippen LogP contribution in [0.2, 0.25) is 0 Å². The molecule has 7 nitrogen and oxygen atoms in total. The predicted octanol–water partition coefficient (Wildman–Crippen LogP) is -0.389. The van der Waals surface area contributed by atoms with Crippen molar-refractivity contribution in [1.29, 1.82) is 0 Å². The summed E-state index contributed by atoms with van der Waals surface area (Å²) in [7, 11) is 3.37. The lowest BCUT2D eigenvalue weighted by molar-refractivity contribution is -0.120. The van der Waals surface area contributed by atoms with E-state index in [0.717, 1.165) is 12.1 Å². The van der Waals surface area contributed by atoms with Crippen LogP contribution in [0.5, 0.6) is 0 Å². The summed E-state index contributed by atoms with van der Waals surface area (Å²) in [6.07, 6.45) is 0.746. The molecule has 0 unspecified atom stereocenters. The summed E-state index contributed by atoms with van der Waals surface area (Å²) in [4.78, 5) is 23.1. The lowest BCUT2D eigenvalue weighted by Crippen LogP contribution is -2.37. The molecule has 0 aliphatic heterocycles. The summed E-state index contributed by atoms with van der Waals surface area (Å²) in [5.74, 6) is -0.576. The molecule has 1 heterocycles. The highest BCUT2D eigenvalue weighted by atomic mass is 16.5. The maximum absolute atomic E-state index is 11.7. The lowest BCUT2D eigenvalue weighted by Gasteiger charge is -2.05. The molecule has 0 aromatic carbocycles. The SMILES string of the molecule is COCCCNC(=O)CNC(=O)c1cc(C)n(C)n1. The molecule has 1 rings (SSSR count). The maximum atomic E-state index is 11.7. The second kappa shape index (κ2) is 7.52. The van der Waals surface area contributed by atoms with Gasteiger partial charge in [0.25, 0.3) is 5.91 Å². The van der Waals surface area contributed by atoms with Crippen molar-refractivity contribution < 1.29 is 14.3 Å². The zero-order valence-corrected chi connectivity index (χ0v) is 11.5. The number of carbonyl (C=O) groups excluding carboxylic acids is 2. The average Bonchev–Trinajstić information content (AvgIpc) is 2.72. The van der Waals surface area contributed by atoms with E-state index in [1.165, 1.54) is 0 Å². The molecule has 2 amide bonds. The molecule has 0 fully saturated rings. The van der Waals surface area contributed by atoms with Crippen LogP contribution in [-0.2, 0) is 16.6 Å². The number of nitrogens with one attached hydrogen (secondary N) is 2. The largest absolute Gasteiger partial charge is 0.385 e. The zero-order chi connectivity index (χ0) is 14.3. The van der Waals surface area contributed by atoms with Gasteiger partial charge in [0.2, 0.25) is 5.91 Å². The zero-order valence-electron chi connectivity index (χ0n) is 11.5. The summed E-state index contributed by atoms with van der Waals surface area (Å²) < 4.78 is 6.47. The minimum absolute atomic E-state index is 0.0541. The monoisotopic (exact) mass is 268 g/mol. The van der Waals surface area contributed by atoms with Gasteiger partial charge in [-0.05, 0) is 19.4 Å². The van der Waals surface area contributed by atoms with Crippen molar-refractivity contribution in [1.82, 2.24) is 20.4 Å². The van der Waals surface area contributed by atoms with E-state index >= 15 is 0 Å². The molecule has 0 saturated carbocycles. The second-order valence-corrected chi connectivity index (χ2v) is 4.17. The van der Waals surface area contributed by atoms with Crippen molar-refractivity contribution in [3.05, 3.63) is 17.5 Å². The molecule has 0 radical (unpaired) electrons. The van der Waals surface area contributed by atoms with E-state index in [0.29, 0.717) is 18.8 Å². The van der Waals surface area contributed by atoms with E-state index < -0.39 is 0 Å². The van der Waals surface area contributed by atoms with Gasteiger partial charge in [0.1, 0.15) is 5.69 Å². The van der Waals surface area contributed by atoms with Crippen molar-refractivity contribution in [2.24, 2.45) is 7.05 Å². The minimum atomic E-state index is -0.351. The summed E-state index contributed by atoms with van der Waals surface area (Å²) >= 11 is 0. The number of carbonyl (C=O) groups is 2. The molecule has 1 aromatic rings. The molecular weight excluding hydrogens is 248 g/mol. The number of hydrogen-bond donors (Lipinski definition) is 2. The van der Waals surface area contributed by atoms with Gasteiger partial charge in [-0.1, -0.05) is 0 Å². The maximum Gasteiger partial charge on any atom is 0.272 e. The van der Waals surface area contributed by atoms with Crippen LogP contribution in [0, 0.1) is 6.92 Å². The Bertz CT molecular complexity index is 423. The molecule has 0 atom stereocenters. The quantitative estimate of drug-likeness (QED) is 0.660. The van der Waals surface area contributed by atoms with Gasteiger partial charge in [-0.15, -0.1) is 0 Å². The fourth-order valence-corrected chi connectivity index (χ4v) is 1.43. The summed E-state index contributed by atoms with van der Waals surface area (Å²) in [5.41, 5.74) is 1.20. The number of ether oxygens (including phenoxy) is 1. The Labute approximate surface area is 112 Å². The van der Waals surface area contributed by atoms with Gasteiger partial charge in [-0.2, -0.15) is 5.10 Å². The third-order valence-electron chi connectivity index (χ3n) is 2.60. The van der Waals surface area contributed by atoms with E-state index in [2.05, 4.69) is 15.7 Å². The van der Waals surface area contributed by atoms with Crippen LogP contribution in [0.1, 0.15) is 22.6 Å². The van der Waals surface area contributed by atoms with Gasteiger partial charge in [0.15, 0.2) is 0 Å². The molecule has 19 heavy (non-hydrogen) atoms. The van der Waals surface area contributed by atoms with E-state index in [4.69, 9.17) is 4.74 Å². The predicted molar refractivity (Wildman–Crippen MR) is 69.8 cm³/mol. The van der Waals surface area contributed by atoms with Gasteiger partial charge in [-0.25, -0.2) is 0 Å². The average molecular weight is 268 g/mol. The van der Waals surface area contributed by atoms with Crippen LogP contribution < -0.4 is 10.6 Å². The third-order valence-corrected chi connectivity index (χ3v) is 2.60. The van der Waals surface area contributed by atoms with Gasteiger partial charge in [0.05, 0.1) is 6.54 Å². The fourth-order valence-electron chi connectivity index (χ4n) is 1.43. The van der Waals surface area contributed by atoms with Crippen molar-refractivity contribution in [2.45, 2.75) is 13.3 Å². The standard InChI is InChI=1S/C12H20N4O3/c1-9-7-10(15-16(9)2)12(18)14-8-11(17)13-5-4-6-19-3/h7H,4-6,8H2,1-3H3,(H,13,17)(H,14,18). The molecule has 0 aliphatic rings. The Morgan fingerprint density at radius 1 is 1.42 bits per heavy atom. The number of nitrogens with zero attached hydrogens (tertiary/aromatic N) is 2. The minimum Gasteiger partial charge on any atom is -0.385 e. The Morgan fingerprint density at radius 2 is 2.16 bits per heavy atom. The first-order valence-corrected chi connectivity index (χ1v) is 6.09. The fraction of sp³-hybridized carbons (Fsp3) is 0.583. The van der Waals surface area contributed by atoms with E-state index in [-0.39, 0.29) is 18.4 Å². The number of aryl methyl sites for hydroxylation is 2. The Kier molecular flexibility index (Phi) is 6.01. The normalized spacial score (nSPS) is 10.3. The molecule has 0 bridgehead atoms. The first-order valence-electron chi connectivity index (χ1n) is 6.09. The Hall–Kier alpha value is -1.89. The van der Waals surface area contributed by atoms with Crippen molar-refractivity contribution in [2.75, 3.05) is 26.8 Å². The van der Waals surface area contributed by atoms with Crippen molar-refractivity contribution in [3.8, 4) is 0 Å². The first-order chi connectivity index (χ1) is 9.04. The van der Waals surface area contributed by atoms with Crippen LogP contribution in [-0.4, -0.2) is 48.4 Å². The lowest BCUT2D eigenvalue weighted by atomic mass is 10.3. The molecule has 0 aliphatic carbocycles. The van der Waals surface area contributed by atoms with Gasteiger partial charge >= 0.3 is 0 Å². The van der Waals surface area contributed by atoms with Crippen LogP contribution in [0.3, 0.4) is 0 Å². The highest BCUT2D eigenvalue weighted by Gasteiger charge is 2.11. The molecule has 0 saturated heterocycles. The van der Waals surface area contributed by atoms with Crippen LogP contribution in [0.15, 0.2) is 6.07 Å². The highest BCUT2D eigenvalue weighted by molar-refractivity contribution is 5.94. The molecule has 7 heteroatoms. The molecule has 1 aromatic heterocycles. The van der Waals surface area contributed by atoms with Gasteiger partial charge < -0.3 is 15.4 Å². The molecule has 106 valence electrons. The van der Waals surface area contributed by atoms with Gasteiger partial charge in [0, 0.05) is 33.0 Å². The number of amides is 2. The van der Waals surface area contributed by atoms with Crippen molar-refractivity contribution >= 4 is 11.8 Å². The number of rotatable bonds is 7. The highest BCUT2D eigenvalue weighted by Crippen LogP contribution is 2.00. The molecule has 2 N–H and O–H groups in total. The van der Waals surface area contributed by atoms with Crippen LogP contribution in [0.4, 0.5) is 0 Å². The first kappa shape index (κ1) is 15.2. The van der Waals surface area contributed by atoms with Crippen LogP contribution in [0.25, 0.3) is 0 Å². The van der Waals surface area contributed by atoms with Crippen molar-refractivity contribution in [3.63, 3.8) is 0 Å². The summed E-state index contributed by atoms with van der Waals surface area (Å²) in [5, 5.41) is 9.23. The number of hydrogen-bond acceptors (Lipinski definition) is 4. The van der Waals surface area contributed by atoms with Crippen LogP contribution >= 0.6 is 0 Å². The molecule has 0 spiro atoms. The van der Waals surface area contributed by atoms with E-state index in [1.807, 2.05) is 6.92 Å². The summed E-state index contributed by atoms with van der Waals surface area (Å²) in [6.45, 7) is 2.93. The molecular formula is C12H20N4O3. The topological polar surface area (TPSA) is 85.3 Å². The summed E-state index contributed by atoms with van der Waals surface area (Å²) in [6, 6.07) is 1.67. The Balaban J connectivity index is 2.28. The Morgan fingerprint density at radius 3 is 2.74 bits per heavy atom.